The number of nitrogens with one attached hydrogen (secondary N) is 1. The average molecular weight is 459 g/mol. The summed E-state index contributed by atoms with van der Waals surface area (Å²) >= 11 is 1.75. The van der Waals surface area contributed by atoms with Gasteiger partial charge in [0.1, 0.15) is 11.4 Å². The maximum atomic E-state index is 12.8. The van der Waals surface area contributed by atoms with Crippen molar-refractivity contribution < 1.29 is 9.53 Å². The third-order valence-corrected chi connectivity index (χ3v) is 7.66. The van der Waals surface area contributed by atoms with Crippen molar-refractivity contribution in [1.29, 1.82) is 0 Å². The molecule has 2 aliphatic heterocycles. The quantitative estimate of drug-likeness (QED) is 0.522. The molecular weight excluding hydrogens is 428 g/mol. The molecule has 1 fully saturated rings. The van der Waals surface area contributed by atoms with Gasteiger partial charge in [-0.2, -0.15) is 0 Å². The maximum Gasteiger partial charge on any atom is 0.253 e. The summed E-state index contributed by atoms with van der Waals surface area (Å²) in [6.07, 6.45) is 4.22. The molecule has 5 rings (SSSR count). The molecule has 2 aromatic carbocycles. The van der Waals surface area contributed by atoms with Gasteiger partial charge in [-0.3, -0.25) is 4.79 Å². The highest BCUT2D eigenvalue weighted by molar-refractivity contribution is 7.13. The number of amides is 1. The lowest BCUT2D eigenvalue weighted by Gasteiger charge is -2.40. The Labute approximate surface area is 199 Å². The van der Waals surface area contributed by atoms with E-state index in [4.69, 9.17) is 4.74 Å². The van der Waals surface area contributed by atoms with Gasteiger partial charge < -0.3 is 15.0 Å². The van der Waals surface area contributed by atoms with E-state index < -0.39 is 0 Å². The standard InChI is InChI=1S/C28H30N2O2S/c1-3-30(4-2)27(31)21-9-7-20(8-10-21)24-19-28(13-15-29-16-14-28)32-25-12-11-22(18-23(24)25)26-6-5-17-33-26/h5-12,17-19,29H,3-4,13-16H2,1-2H3. The molecule has 1 spiro atoms. The van der Waals surface area contributed by atoms with E-state index in [0.29, 0.717) is 0 Å². The minimum absolute atomic E-state index is 0.0858. The first-order valence-corrected chi connectivity index (χ1v) is 12.7. The zero-order valence-electron chi connectivity index (χ0n) is 19.3. The van der Waals surface area contributed by atoms with Gasteiger partial charge in [-0.05, 0) is 91.5 Å². The molecule has 0 atom stereocenters. The fourth-order valence-electron chi connectivity index (χ4n) is 4.84. The SMILES string of the molecule is CCN(CC)C(=O)c1ccc(C2=CC3(CCNCC3)Oc3ccc(-c4cccs4)cc32)cc1. The minimum atomic E-state index is -0.284. The van der Waals surface area contributed by atoms with Crippen molar-refractivity contribution in [2.24, 2.45) is 0 Å². The molecule has 1 N–H and O–H groups in total. The molecule has 1 amide bonds. The summed E-state index contributed by atoms with van der Waals surface area (Å²) in [5.74, 6) is 1.03. The monoisotopic (exact) mass is 458 g/mol. The molecule has 33 heavy (non-hydrogen) atoms. The van der Waals surface area contributed by atoms with Crippen molar-refractivity contribution in [3.05, 3.63) is 82.7 Å². The largest absolute Gasteiger partial charge is 0.482 e. The lowest BCUT2D eigenvalue weighted by atomic mass is 9.83. The number of carbonyl (C=O) groups is 1. The van der Waals surface area contributed by atoms with E-state index in [2.05, 4.69) is 59.2 Å². The zero-order chi connectivity index (χ0) is 22.8. The van der Waals surface area contributed by atoms with Crippen molar-refractivity contribution in [1.82, 2.24) is 10.2 Å². The topological polar surface area (TPSA) is 41.6 Å². The van der Waals surface area contributed by atoms with E-state index in [1.807, 2.05) is 30.9 Å². The number of rotatable bonds is 5. The first-order valence-electron chi connectivity index (χ1n) is 11.8. The van der Waals surface area contributed by atoms with Crippen LogP contribution in [0.5, 0.6) is 5.75 Å². The molecule has 170 valence electrons. The Hall–Kier alpha value is -2.89. The summed E-state index contributed by atoms with van der Waals surface area (Å²) in [6, 6.07) is 18.9. The van der Waals surface area contributed by atoms with Gasteiger partial charge in [0.15, 0.2) is 0 Å². The highest BCUT2D eigenvalue weighted by Gasteiger charge is 2.37. The number of ether oxygens (including phenoxy) is 1. The molecule has 1 saturated heterocycles. The lowest BCUT2D eigenvalue weighted by molar-refractivity contribution is 0.0772. The summed E-state index contributed by atoms with van der Waals surface area (Å²) in [5, 5.41) is 5.56. The second kappa shape index (κ2) is 9.16. The van der Waals surface area contributed by atoms with Crippen LogP contribution in [0, 0.1) is 0 Å². The molecular formula is C28H30N2O2S. The predicted molar refractivity (Wildman–Crippen MR) is 136 cm³/mol. The van der Waals surface area contributed by atoms with Crippen LogP contribution in [0.15, 0.2) is 66.1 Å². The Kier molecular flexibility index (Phi) is 6.09. The summed E-state index contributed by atoms with van der Waals surface area (Å²) in [6.45, 7) is 7.36. The van der Waals surface area contributed by atoms with Crippen molar-refractivity contribution >= 4 is 22.8 Å². The molecule has 0 saturated carbocycles. The number of hydrogen-bond acceptors (Lipinski definition) is 4. The smallest absolute Gasteiger partial charge is 0.253 e. The molecule has 0 radical (unpaired) electrons. The third-order valence-electron chi connectivity index (χ3n) is 6.74. The van der Waals surface area contributed by atoms with Crippen LogP contribution in [0.25, 0.3) is 16.0 Å². The number of piperidine rings is 1. The molecule has 1 aromatic heterocycles. The van der Waals surface area contributed by atoms with Crippen LogP contribution in [-0.4, -0.2) is 42.6 Å². The summed E-state index contributed by atoms with van der Waals surface area (Å²) in [7, 11) is 0. The number of fused-ring (bicyclic) bond motifs is 1. The Morgan fingerprint density at radius 2 is 1.76 bits per heavy atom. The van der Waals surface area contributed by atoms with Crippen molar-refractivity contribution in [2.75, 3.05) is 26.2 Å². The van der Waals surface area contributed by atoms with Gasteiger partial charge in [-0.1, -0.05) is 18.2 Å². The van der Waals surface area contributed by atoms with E-state index >= 15 is 0 Å². The Morgan fingerprint density at radius 3 is 2.42 bits per heavy atom. The molecule has 0 bridgehead atoms. The Morgan fingerprint density at radius 1 is 1.03 bits per heavy atom. The number of nitrogens with zero attached hydrogens (tertiary/aromatic N) is 1. The fraction of sp³-hybridized carbons (Fsp3) is 0.321. The maximum absolute atomic E-state index is 12.8. The van der Waals surface area contributed by atoms with Crippen LogP contribution >= 0.6 is 11.3 Å². The van der Waals surface area contributed by atoms with Gasteiger partial charge in [0.25, 0.3) is 5.91 Å². The predicted octanol–water partition coefficient (Wildman–Crippen LogP) is 5.84. The molecule has 3 aromatic rings. The number of benzene rings is 2. The van der Waals surface area contributed by atoms with Gasteiger partial charge in [-0.25, -0.2) is 0 Å². The van der Waals surface area contributed by atoms with E-state index in [1.54, 1.807) is 11.3 Å². The van der Waals surface area contributed by atoms with Crippen molar-refractivity contribution in [3.63, 3.8) is 0 Å². The Bertz CT molecular complexity index is 1160. The molecule has 4 nitrogen and oxygen atoms in total. The second-order valence-electron chi connectivity index (χ2n) is 8.72. The molecule has 3 heterocycles. The normalized spacial score (nSPS) is 16.6. The molecule has 0 unspecified atom stereocenters. The van der Waals surface area contributed by atoms with Crippen LogP contribution in [0.4, 0.5) is 0 Å². The number of hydrogen-bond donors (Lipinski definition) is 1. The van der Waals surface area contributed by atoms with Crippen LogP contribution in [0.3, 0.4) is 0 Å². The molecule has 5 heteroatoms. The Balaban J connectivity index is 1.56. The summed E-state index contributed by atoms with van der Waals surface area (Å²) in [4.78, 5) is 15.9. The van der Waals surface area contributed by atoms with E-state index in [1.165, 1.54) is 16.0 Å². The van der Waals surface area contributed by atoms with Crippen molar-refractivity contribution in [2.45, 2.75) is 32.3 Å². The number of carbonyl (C=O) groups excluding carboxylic acids is 1. The minimum Gasteiger partial charge on any atom is -0.482 e. The fourth-order valence-corrected chi connectivity index (χ4v) is 5.56. The summed E-state index contributed by atoms with van der Waals surface area (Å²) < 4.78 is 6.63. The van der Waals surface area contributed by atoms with Gasteiger partial charge >= 0.3 is 0 Å². The van der Waals surface area contributed by atoms with Crippen molar-refractivity contribution in [3.8, 4) is 16.2 Å². The highest BCUT2D eigenvalue weighted by Crippen LogP contribution is 2.44. The van der Waals surface area contributed by atoms with E-state index in [9.17, 15) is 4.79 Å². The van der Waals surface area contributed by atoms with Crippen LogP contribution < -0.4 is 10.1 Å². The highest BCUT2D eigenvalue weighted by atomic mass is 32.1. The first kappa shape index (κ1) is 21.9. The van der Waals surface area contributed by atoms with Gasteiger partial charge in [0.2, 0.25) is 0 Å². The first-order chi connectivity index (χ1) is 16.1. The zero-order valence-corrected chi connectivity index (χ0v) is 20.1. The van der Waals surface area contributed by atoms with Crippen LogP contribution in [0.1, 0.15) is 48.2 Å². The van der Waals surface area contributed by atoms with Gasteiger partial charge in [0, 0.05) is 41.9 Å². The third kappa shape index (κ3) is 4.23. The average Bonchev–Trinajstić information content (AvgIpc) is 3.40. The number of thiophene rings is 1. The molecule has 2 aliphatic rings. The van der Waals surface area contributed by atoms with Gasteiger partial charge in [-0.15, -0.1) is 11.3 Å². The van der Waals surface area contributed by atoms with E-state index in [-0.39, 0.29) is 11.5 Å². The molecule has 0 aliphatic carbocycles. The van der Waals surface area contributed by atoms with Gasteiger partial charge in [0.05, 0.1) is 0 Å². The van der Waals surface area contributed by atoms with Crippen LogP contribution in [-0.2, 0) is 0 Å². The van der Waals surface area contributed by atoms with E-state index in [0.717, 1.165) is 61.5 Å². The summed E-state index contributed by atoms with van der Waals surface area (Å²) in [5.41, 5.74) is 5.09. The lowest BCUT2D eigenvalue weighted by Crippen LogP contribution is -2.46. The van der Waals surface area contributed by atoms with Crippen LogP contribution in [0.2, 0.25) is 0 Å². The second-order valence-corrected chi connectivity index (χ2v) is 9.67.